The average molecular weight is 226 g/mol. The van der Waals surface area contributed by atoms with E-state index in [1.54, 1.807) is 0 Å². The molecule has 2 heteroatoms. The van der Waals surface area contributed by atoms with Crippen molar-refractivity contribution in [3.63, 3.8) is 0 Å². The first-order valence-electron chi connectivity index (χ1n) is 6.33. The summed E-state index contributed by atoms with van der Waals surface area (Å²) < 4.78 is 0. The van der Waals surface area contributed by atoms with Crippen molar-refractivity contribution in [2.75, 3.05) is 5.32 Å². The average Bonchev–Trinajstić information content (AvgIpc) is 2.63. The molecule has 3 rings (SSSR count). The molecule has 0 amide bonds. The van der Waals surface area contributed by atoms with E-state index in [1.807, 2.05) is 0 Å². The highest BCUT2D eigenvalue weighted by Crippen LogP contribution is 2.29. The minimum Gasteiger partial charge on any atom is -0.367 e. The van der Waals surface area contributed by atoms with Crippen molar-refractivity contribution < 1.29 is 0 Å². The van der Waals surface area contributed by atoms with Gasteiger partial charge in [0.1, 0.15) is 5.82 Å². The van der Waals surface area contributed by atoms with Crippen molar-refractivity contribution >= 4 is 16.7 Å². The second-order valence-electron chi connectivity index (χ2n) is 5.35. The molecule has 88 valence electrons. The van der Waals surface area contributed by atoms with Crippen LogP contribution < -0.4 is 5.32 Å². The normalized spacial score (nSPS) is 18.5. The molecule has 0 radical (unpaired) electrons. The number of aromatic nitrogens is 1. The second kappa shape index (κ2) is 3.73. The standard InChI is InChI=1S/C15H18N2/c1-9(2)11-4-5-14-12(7-11)8-13-6-10(3)16-15(13)17-14/h4-5,7-10H,6H2,1-3H3,(H,16,17). The molecule has 0 fully saturated rings. The zero-order valence-electron chi connectivity index (χ0n) is 10.6. The van der Waals surface area contributed by atoms with Crippen LogP contribution in [0.3, 0.4) is 0 Å². The summed E-state index contributed by atoms with van der Waals surface area (Å²) in [6.07, 6.45) is 1.09. The third-order valence-corrected chi connectivity index (χ3v) is 3.49. The maximum absolute atomic E-state index is 4.70. The van der Waals surface area contributed by atoms with E-state index >= 15 is 0 Å². The van der Waals surface area contributed by atoms with Gasteiger partial charge in [0.05, 0.1) is 5.52 Å². The highest BCUT2D eigenvalue weighted by atomic mass is 15.0. The summed E-state index contributed by atoms with van der Waals surface area (Å²) in [6.45, 7) is 6.66. The maximum Gasteiger partial charge on any atom is 0.130 e. The van der Waals surface area contributed by atoms with Crippen molar-refractivity contribution in [2.45, 2.75) is 39.2 Å². The molecule has 2 aromatic rings. The van der Waals surface area contributed by atoms with Crippen LogP contribution in [-0.4, -0.2) is 11.0 Å². The lowest BCUT2D eigenvalue weighted by atomic mass is 10.00. The molecule has 0 spiro atoms. The third kappa shape index (κ3) is 1.78. The van der Waals surface area contributed by atoms with Gasteiger partial charge in [-0.1, -0.05) is 19.9 Å². The Hall–Kier alpha value is -1.57. The molecule has 1 aromatic heterocycles. The van der Waals surface area contributed by atoms with E-state index in [0.29, 0.717) is 12.0 Å². The number of benzene rings is 1. The summed E-state index contributed by atoms with van der Waals surface area (Å²) in [6, 6.07) is 9.40. The molecule has 1 unspecified atom stereocenters. The van der Waals surface area contributed by atoms with Gasteiger partial charge in [-0.05, 0) is 48.6 Å². The van der Waals surface area contributed by atoms with Crippen LogP contribution in [0.15, 0.2) is 24.3 Å². The molecule has 0 bridgehead atoms. The van der Waals surface area contributed by atoms with Crippen molar-refractivity contribution in [3.8, 4) is 0 Å². The second-order valence-corrected chi connectivity index (χ2v) is 5.35. The van der Waals surface area contributed by atoms with Crippen LogP contribution >= 0.6 is 0 Å². The fourth-order valence-electron chi connectivity index (χ4n) is 2.49. The number of pyridine rings is 1. The summed E-state index contributed by atoms with van der Waals surface area (Å²) in [5.74, 6) is 1.65. The van der Waals surface area contributed by atoms with Crippen LogP contribution in [0.5, 0.6) is 0 Å². The first kappa shape index (κ1) is 10.6. The summed E-state index contributed by atoms with van der Waals surface area (Å²) in [4.78, 5) is 4.70. The Labute approximate surface area is 102 Å². The number of nitrogens with zero attached hydrogens (tertiary/aromatic N) is 1. The molecule has 17 heavy (non-hydrogen) atoms. The predicted molar refractivity (Wildman–Crippen MR) is 72.6 cm³/mol. The van der Waals surface area contributed by atoms with Gasteiger partial charge >= 0.3 is 0 Å². The number of anilines is 1. The van der Waals surface area contributed by atoms with E-state index in [1.165, 1.54) is 16.5 Å². The topological polar surface area (TPSA) is 24.9 Å². The van der Waals surface area contributed by atoms with Gasteiger partial charge in [0.15, 0.2) is 0 Å². The van der Waals surface area contributed by atoms with E-state index < -0.39 is 0 Å². The molecule has 1 atom stereocenters. The first-order chi connectivity index (χ1) is 8.13. The van der Waals surface area contributed by atoms with Crippen molar-refractivity contribution in [3.05, 3.63) is 35.4 Å². The first-order valence-corrected chi connectivity index (χ1v) is 6.33. The molecular weight excluding hydrogens is 208 g/mol. The highest BCUT2D eigenvalue weighted by molar-refractivity contribution is 5.83. The van der Waals surface area contributed by atoms with Crippen LogP contribution in [0.1, 0.15) is 37.8 Å². The van der Waals surface area contributed by atoms with Crippen LogP contribution in [0.4, 0.5) is 5.82 Å². The van der Waals surface area contributed by atoms with Crippen molar-refractivity contribution in [1.82, 2.24) is 4.98 Å². The molecule has 1 N–H and O–H groups in total. The fraction of sp³-hybridized carbons (Fsp3) is 0.400. The largest absolute Gasteiger partial charge is 0.367 e. The zero-order valence-corrected chi connectivity index (χ0v) is 10.6. The Kier molecular flexibility index (Phi) is 2.32. The third-order valence-electron chi connectivity index (χ3n) is 3.49. The Bertz CT molecular complexity index is 572. The van der Waals surface area contributed by atoms with E-state index in [4.69, 9.17) is 4.98 Å². The number of nitrogens with one attached hydrogen (secondary N) is 1. The molecule has 0 saturated heterocycles. The Morgan fingerprint density at radius 2 is 2.12 bits per heavy atom. The summed E-state index contributed by atoms with van der Waals surface area (Å²) in [5, 5.41) is 4.69. The molecule has 2 heterocycles. The number of rotatable bonds is 1. The quantitative estimate of drug-likeness (QED) is 0.801. The molecule has 2 nitrogen and oxygen atoms in total. The van der Waals surface area contributed by atoms with Crippen LogP contribution in [0.25, 0.3) is 10.9 Å². The van der Waals surface area contributed by atoms with Gasteiger partial charge in [0.2, 0.25) is 0 Å². The van der Waals surface area contributed by atoms with Gasteiger partial charge in [-0.3, -0.25) is 0 Å². The van der Waals surface area contributed by atoms with Crippen molar-refractivity contribution in [2.24, 2.45) is 0 Å². The van der Waals surface area contributed by atoms with E-state index in [0.717, 1.165) is 17.8 Å². The predicted octanol–water partition coefficient (Wildman–Crippen LogP) is 3.71. The Morgan fingerprint density at radius 3 is 2.88 bits per heavy atom. The minimum absolute atomic E-state index is 0.513. The maximum atomic E-state index is 4.70. The van der Waals surface area contributed by atoms with Gasteiger partial charge in [-0.2, -0.15) is 0 Å². The van der Waals surface area contributed by atoms with Crippen LogP contribution in [0.2, 0.25) is 0 Å². The summed E-state index contributed by atoms with van der Waals surface area (Å²) in [5.41, 5.74) is 3.83. The van der Waals surface area contributed by atoms with Gasteiger partial charge in [-0.15, -0.1) is 0 Å². The van der Waals surface area contributed by atoms with E-state index in [2.05, 4.69) is 50.4 Å². The van der Waals surface area contributed by atoms with Crippen LogP contribution in [0, 0.1) is 0 Å². The number of fused-ring (bicyclic) bond motifs is 2. The van der Waals surface area contributed by atoms with Gasteiger partial charge in [0.25, 0.3) is 0 Å². The monoisotopic (exact) mass is 226 g/mol. The minimum atomic E-state index is 0.513. The lowest BCUT2D eigenvalue weighted by molar-refractivity contribution is 0.839. The zero-order chi connectivity index (χ0) is 12.0. The van der Waals surface area contributed by atoms with E-state index in [-0.39, 0.29) is 0 Å². The summed E-state index contributed by atoms with van der Waals surface area (Å²) >= 11 is 0. The highest BCUT2D eigenvalue weighted by Gasteiger charge is 2.18. The molecular formula is C15H18N2. The Balaban J connectivity index is 2.16. The van der Waals surface area contributed by atoms with Gasteiger partial charge in [0, 0.05) is 11.4 Å². The summed E-state index contributed by atoms with van der Waals surface area (Å²) in [7, 11) is 0. The van der Waals surface area contributed by atoms with Crippen LogP contribution in [-0.2, 0) is 6.42 Å². The smallest absolute Gasteiger partial charge is 0.130 e. The number of hydrogen-bond acceptors (Lipinski definition) is 2. The van der Waals surface area contributed by atoms with E-state index in [9.17, 15) is 0 Å². The lowest BCUT2D eigenvalue weighted by Gasteiger charge is -2.08. The SMILES string of the molecule is CC1Cc2cc3cc(C(C)C)ccc3nc2N1. The van der Waals surface area contributed by atoms with Gasteiger partial charge in [-0.25, -0.2) is 4.98 Å². The molecule has 1 aliphatic heterocycles. The molecule has 0 aliphatic carbocycles. The number of hydrogen-bond donors (Lipinski definition) is 1. The lowest BCUT2D eigenvalue weighted by Crippen LogP contribution is -2.08. The molecule has 0 saturated carbocycles. The Morgan fingerprint density at radius 1 is 1.29 bits per heavy atom. The molecule has 1 aliphatic rings. The fourth-order valence-corrected chi connectivity index (χ4v) is 2.49. The van der Waals surface area contributed by atoms with Crippen molar-refractivity contribution in [1.29, 1.82) is 0 Å². The van der Waals surface area contributed by atoms with Gasteiger partial charge < -0.3 is 5.32 Å². The molecule has 1 aromatic carbocycles.